The van der Waals surface area contributed by atoms with Crippen molar-refractivity contribution in [2.24, 2.45) is 0 Å². The molecule has 1 unspecified atom stereocenters. The maximum atomic E-state index is 12.7. The minimum atomic E-state index is -0.192. The Bertz CT molecular complexity index is 1120. The smallest absolute Gasteiger partial charge is 0.251 e. The number of hydrogen-bond donors (Lipinski definition) is 1. The lowest BCUT2D eigenvalue weighted by Crippen LogP contribution is -2.30. The molecule has 0 fully saturated rings. The lowest BCUT2D eigenvalue weighted by Gasteiger charge is -2.19. The first-order valence-corrected chi connectivity index (χ1v) is 10.1. The van der Waals surface area contributed by atoms with Crippen LogP contribution in [-0.2, 0) is 6.54 Å². The van der Waals surface area contributed by atoms with E-state index in [1.54, 1.807) is 0 Å². The average Bonchev–Trinajstić information content (AvgIpc) is 3.12. The van der Waals surface area contributed by atoms with Crippen molar-refractivity contribution < 1.29 is 4.79 Å². The van der Waals surface area contributed by atoms with Crippen LogP contribution in [0.3, 0.4) is 0 Å². The quantitative estimate of drug-likeness (QED) is 0.454. The number of carbonyl (C=O) groups is 1. The van der Waals surface area contributed by atoms with Gasteiger partial charge in [-0.1, -0.05) is 61.0 Å². The van der Waals surface area contributed by atoms with Crippen LogP contribution in [-0.4, -0.2) is 15.5 Å². The fourth-order valence-electron chi connectivity index (χ4n) is 3.48. The Hall–Kier alpha value is -3.11. The molecule has 0 radical (unpaired) electrons. The van der Waals surface area contributed by atoms with E-state index in [4.69, 9.17) is 16.6 Å². The molecule has 1 amide bonds. The van der Waals surface area contributed by atoms with Gasteiger partial charge in [0, 0.05) is 17.1 Å². The van der Waals surface area contributed by atoms with Gasteiger partial charge in [-0.2, -0.15) is 0 Å². The zero-order chi connectivity index (χ0) is 20.2. The van der Waals surface area contributed by atoms with Gasteiger partial charge in [0.15, 0.2) is 0 Å². The summed E-state index contributed by atoms with van der Waals surface area (Å²) < 4.78 is 2.18. The molecule has 0 saturated carbocycles. The number of hydrogen-bond acceptors (Lipinski definition) is 2. The van der Waals surface area contributed by atoms with Crippen LogP contribution in [0.4, 0.5) is 0 Å². The van der Waals surface area contributed by atoms with Crippen LogP contribution < -0.4 is 5.32 Å². The predicted octanol–water partition coefficient (Wildman–Crippen LogP) is 5.62. The Labute approximate surface area is 175 Å². The minimum absolute atomic E-state index is 0.0949. The Balaban J connectivity index is 1.71. The number of fused-ring (bicyclic) bond motifs is 1. The molecule has 0 aliphatic heterocycles. The summed E-state index contributed by atoms with van der Waals surface area (Å²) >= 11 is 6.04. The fourth-order valence-corrected chi connectivity index (χ4v) is 3.60. The van der Waals surface area contributed by atoms with Gasteiger partial charge >= 0.3 is 0 Å². The highest BCUT2D eigenvalue weighted by Crippen LogP contribution is 2.25. The first-order chi connectivity index (χ1) is 14.2. The summed E-state index contributed by atoms with van der Waals surface area (Å²) in [5, 5.41) is 3.87. The number of carbonyl (C=O) groups excluding carboxylic acids is 1. The number of nitrogens with one attached hydrogen (secondary N) is 1. The van der Waals surface area contributed by atoms with Crippen molar-refractivity contribution >= 4 is 28.5 Å². The molecule has 3 aromatic carbocycles. The number of rotatable bonds is 6. The van der Waals surface area contributed by atoms with Crippen LogP contribution in [0.15, 0.2) is 78.9 Å². The lowest BCUT2D eigenvalue weighted by atomic mass is 10.1. The molecule has 1 atom stereocenters. The second-order valence-corrected chi connectivity index (χ2v) is 7.41. The molecule has 4 nitrogen and oxygen atoms in total. The van der Waals surface area contributed by atoms with Crippen molar-refractivity contribution in [3.63, 3.8) is 0 Å². The van der Waals surface area contributed by atoms with Gasteiger partial charge in [0.05, 0.1) is 17.1 Å². The summed E-state index contributed by atoms with van der Waals surface area (Å²) in [4.78, 5) is 17.6. The van der Waals surface area contributed by atoms with E-state index in [-0.39, 0.29) is 11.9 Å². The monoisotopic (exact) mass is 403 g/mol. The maximum Gasteiger partial charge on any atom is 0.251 e. The highest BCUT2D eigenvalue weighted by atomic mass is 35.5. The molecule has 5 heteroatoms. The molecule has 1 N–H and O–H groups in total. The van der Waals surface area contributed by atoms with Crippen molar-refractivity contribution in [1.29, 1.82) is 0 Å². The van der Waals surface area contributed by atoms with E-state index in [1.807, 2.05) is 72.8 Å². The fraction of sp³-hybridized carbons (Fsp3) is 0.167. The van der Waals surface area contributed by atoms with E-state index in [9.17, 15) is 4.79 Å². The van der Waals surface area contributed by atoms with Crippen LogP contribution in [0.25, 0.3) is 11.0 Å². The van der Waals surface area contributed by atoms with Crippen molar-refractivity contribution in [3.05, 3.63) is 101 Å². The molecule has 0 aliphatic carbocycles. The molecule has 1 heterocycles. The highest BCUT2D eigenvalue weighted by Gasteiger charge is 2.21. The van der Waals surface area contributed by atoms with Gasteiger partial charge in [0.2, 0.25) is 0 Å². The number of halogens is 1. The molecular weight excluding hydrogens is 382 g/mol. The van der Waals surface area contributed by atoms with Gasteiger partial charge in [0.25, 0.3) is 5.91 Å². The van der Waals surface area contributed by atoms with Gasteiger partial charge < -0.3 is 9.88 Å². The normalized spacial score (nSPS) is 12.1. The zero-order valence-corrected chi connectivity index (χ0v) is 16.9. The van der Waals surface area contributed by atoms with Crippen LogP contribution in [0, 0.1) is 0 Å². The van der Waals surface area contributed by atoms with Gasteiger partial charge in [-0.25, -0.2) is 4.98 Å². The lowest BCUT2D eigenvalue weighted by molar-refractivity contribution is 0.0933. The molecule has 146 valence electrons. The van der Waals surface area contributed by atoms with Crippen LogP contribution in [0.5, 0.6) is 0 Å². The summed E-state index contributed by atoms with van der Waals surface area (Å²) in [7, 11) is 0. The topological polar surface area (TPSA) is 46.9 Å². The molecule has 29 heavy (non-hydrogen) atoms. The van der Waals surface area contributed by atoms with Crippen LogP contribution in [0.1, 0.15) is 41.1 Å². The Morgan fingerprint density at radius 2 is 1.69 bits per heavy atom. The van der Waals surface area contributed by atoms with Crippen LogP contribution in [0.2, 0.25) is 5.02 Å². The molecule has 0 aliphatic rings. The Kier molecular flexibility index (Phi) is 5.63. The first-order valence-electron chi connectivity index (χ1n) is 9.71. The van der Waals surface area contributed by atoms with E-state index >= 15 is 0 Å². The number of nitrogens with zero attached hydrogens (tertiary/aromatic N) is 2. The van der Waals surface area contributed by atoms with E-state index in [1.165, 1.54) is 0 Å². The van der Waals surface area contributed by atoms with Crippen molar-refractivity contribution in [2.75, 3.05) is 0 Å². The number of para-hydroxylation sites is 2. The second-order valence-electron chi connectivity index (χ2n) is 6.97. The standard InChI is InChI=1S/C24H22ClN3O/c1-2-20(27-24(29)18-8-4-3-5-9-18)23-26-21-10-6-7-11-22(21)28(23)16-17-12-14-19(25)15-13-17/h3-15,20H,2,16H2,1H3,(H,27,29). The molecule has 4 rings (SSSR count). The predicted molar refractivity (Wildman–Crippen MR) is 117 cm³/mol. The molecule has 0 saturated heterocycles. The van der Waals surface area contributed by atoms with E-state index in [0.717, 1.165) is 28.8 Å². The third kappa shape index (κ3) is 4.17. The summed E-state index contributed by atoms with van der Waals surface area (Å²) in [6, 6.07) is 25.0. The number of imidazole rings is 1. The molecule has 4 aromatic rings. The third-order valence-corrected chi connectivity index (χ3v) is 5.25. The minimum Gasteiger partial charge on any atom is -0.342 e. The summed E-state index contributed by atoms with van der Waals surface area (Å²) in [6.07, 6.45) is 0.739. The largest absolute Gasteiger partial charge is 0.342 e. The summed E-state index contributed by atoms with van der Waals surface area (Å²) in [5.74, 6) is 0.760. The zero-order valence-electron chi connectivity index (χ0n) is 16.2. The van der Waals surface area contributed by atoms with E-state index < -0.39 is 0 Å². The third-order valence-electron chi connectivity index (χ3n) is 5.00. The van der Waals surface area contributed by atoms with Crippen molar-refractivity contribution in [1.82, 2.24) is 14.9 Å². The number of benzene rings is 3. The Morgan fingerprint density at radius 3 is 2.41 bits per heavy atom. The van der Waals surface area contributed by atoms with Gasteiger partial charge in [0.1, 0.15) is 5.82 Å². The average molecular weight is 404 g/mol. The highest BCUT2D eigenvalue weighted by molar-refractivity contribution is 6.30. The number of amides is 1. The van der Waals surface area contributed by atoms with E-state index in [0.29, 0.717) is 17.1 Å². The first kappa shape index (κ1) is 19.2. The van der Waals surface area contributed by atoms with Gasteiger partial charge in [-0.3, -0.25) is 4.79 Å². The molecule has 0 spiro atoms. The van der Waals surface area contributed by atoms with Crippen molar-refractivity contribution in [2.45, 2.75) is 25.9 Å². The van der Waals surface area contributed by atoms with E-state index in [2.05, 4.69) is 22.9 Å². The summed E-state index contributed by atoms with van der Waals surface area (Å²) in [6.45, 7) is 2.71. The second kappa shape index (κ2) is 8.50. The maximum absolute atomic E-state index is 12.7. The number of aromatic nitrogens is 2. The molecule has 1 aromatic heterocycles. The summed E-state index contributed by atoms with van der Waals surface area (Å²) in [5.41, 5.74) is 3.74. The van der Waals surface area contributed by atoms with Gasteiger partial charge in [-0.15, -0.1) is 0 Å². The molecular formula is C24H22ClN3O. The molecule has 0 bridgehead atoms. The Morgan fingerprint density at radius 1 is 1.00 bits per heavy atom. The van der Waals surface area contributed by atoms with Gasteiger partial charge in [-0.05, 0) is 48.4 Å². The SMILES string of the molecule is CCC(NC(=O)c1ccccc1)c1nc2ccccc2n1Cc1ccc(Cl)cc1. The van der Waals surface area contributed by atoms with Crippen molar-refractivity contribution in [3.8, 4) is 0 Å². The van der Waals surface area contributed by atoms with Crippen LogP contribution >= 0.6 is 11.6 Å².